The molecule has 0 N–H and O–H groups in total. The van der Waals surface area contributed by atoms with Gasteiger partial charge in [0, 0.05) is 16.1 Å². The highest BCUT2D eigenvalue weighted by Crippen LogP contribution is 2.34. The van der Waals surface area contributed by atoms with Crippen molar-refractivity contribution in [2.75, 3.05) is 7.11 Å². The molecule has 0 spiro atoms. The second kappa shape index (κ2) is 8.72. The summed E-state index contributed by atoms with van der Waals surface area (Å²) in [5.74, 6) is 3.11. The van der Waals surface area contributed by atoms with Crippen LogP contribution in [0, 0.1) is 0 Å². The number of aromatic nitrogens is 5. The van der Waals surface area contributed by atoms with E-state index in [2.05, 4.69) is 20.3 Å². The van der Waals surface area contributed by atoms with Gasteiger partial charge in [-0.2, -0.15) is 4.98 Å². The molecule has 0 atom stereocenters. The van der Waals surface area contributed by atoms with Crippen LogP contribution in [0.25, 0.3) is 17.1 Å². The lowest BCUT2D eigenvalue weighted by Gasteiger charge is -2.12. The molecule has 160 valence electrons. The molecule has 0 radical (unpaired) electrons. The fourth-order valence-corrected chi connectivity index (χ4v) is 3.86. The summed E-state index contributed by atoms with van der Waals surface area (Å²) >= 11 is 7.59. The molecule has 9 heteroatoms. The molecular formula is C22H22ClN5O2S. The largest absolute Gasteiger partial charge is 0.496 e. The van der Waals surface area contributed by atoms with Crippen LogP contribution in [0.2, 0.25) is 5.02 Å². The zero-order valence-electron chi connectivity index (χ0n) is 17.7. The van der Waals surface area contributed by atoms with Gasteiger partial charge in [-0.15, -0.1) is 10.2 Å². The summed E-state index contributed by atoms with van der Waals surface area (Å²) in [6.07, 6.45) is 0. The third-order valence-electron chi connectivity index (χ3n) is 4.51. The summed E-state index contributed by atoms with van der Waals surface area (Å²) in [4.78, 5) is 4.51. The Hall–Kier alpha value is -2.84. The third-order valence-corrected chi connectivity index (χ3v) is 5.68. The van der Waals surface area contributed by atoms with Crippen molar-refractivity contribution < 1.29 is 9.26 Å². The van der Waals surface area contributed by atoms with E-state index in [-0.39, 0.29) is 5.41 Å². The maximum Gasteiger partial charge on any atom is 0.232 e. The first-order valence-electron chi connectivity index (χ1n) is 9.67. The van der Waals surface area contributed by atoms with E-state index in [1.54, 1.807) is 7.11 Å². The lowest BCUT2D eigenvalue weighted by Crippen LogP contribution is -2.11. The zero-order chi connectivity index (χ0) is 22.0. The van der Waals surface area contributed by atoms with E-state index >= 15 is 0 Å². The Kier molecular flexibility index (Phi) is 6.02. The van der Waals surface area contributed by atoms with Crippen LogP contribution < -0.4 is 4.74 Å². The molecule has 0 saturated heterocycles. The number of rotatable bonds is 6. The van der Waals surface area contributed by atoms with Gasteiger partial charge in [-0.05, 0) is 36.4 Å². The first kappa shape index (κ1) is 21.4. The standard InChI is InChI=1S/C22H22ClN5O2S/c1-22(2,3)20-24-18(27-30-20)13-31-21-26-25-19(16-7-5-6-8-17(16)29-4)28(21)15-11-9-14(23)10-12-15/h5-12H,13H2,1-4H3. The van der Waals surface area contributed by atoms with E-state index in [9.17, 15) is 0 Å². The molecule has 0 amide bonds. The van der Waals surface area contributed by atoms with E-state index < -0.39 is 0 Å². The van der Waals surface area contributed by atoms with Crippen LogP contribution in [-0.4, -0.2) is 32.0 Å². The molecule has 0 unspecified atom stereocenters. The first-order chi connectivity index (χ1) is 14.9. The Morgan fingerprint density at radius 1 is 1.06 bits per heavy atom. The molecule has 7 nitrogen and oxygen atoms in total. The summed E-state index contributed by atoms with van der Waals surface area (Å²) in [5.41, 5.74) is 1.53. The van der Waals surface area contributed by atoms with Gasteiger partial charge < -0.3 is 9.26 Å². The average Bonchev–Trinajstić information content (AvgIpc) is 3.40. The van der Waals surface area contributed by atoms with Crippen molar-refractivity contribution in [2.45, 2.75) is 37.1 Å². The van der Waals surface area contributed by atoms with Crippen molar-refractivity contribution in [1.29, 1.82) is 0 Å². The predicted molar refractivity (Wildman–Crippen MR) is 121 cm³/mol. The lowest BCUT2D eigenvalue weighted by atomic mass is 9.97. The van der Waals surface area contributed by atoms with Gasteiger partial charge in [0.1, 0.15) is 5.75 Å². The maximum atomic E-state index is 6.10. The van der Waals surface area contributed by atoms with E-state index in [0.29, 0.717) is 33.5 Å². The van der Waals surface area contributed by atoms with Crippen molar-refractivity contribution in [3.63, 3.8) is 0 Å². The van der Waals surface area contributed by atoms with Crippen molar-refractivity contribution >= 4 is 23.4 Å². The SMILES string of the molecule is COc1ccccc1-c1nnc(SCc2noc(C(C)(C)C)n2)n1-c1ccc(Cl)cc1. The van der Waals surface area contributed by atoms with Crippen molar-refractivity contribution in [3.05, 3.63) is 65.3 Å². The van der Waals surface area contributed by atoms with Gasteiger partial charge in [-0.3, -0.25) is 4.57 Å². The Bertz CT molecular complexity index is 1180. The number of hydrogen-bond acceptors (Lipinski definition) is 7. The van der Waals surface area contributed by atoms with Crippen LogP contribution in [0.4, 0.5) is 0 Å². The highest BCUT2D eigenvalue weighted by atomic mass is 35.5. The van der Waals surface area contributed by atoms with Crippen molar-refractivity contribution in [1.82, 2.24) is 24.9 Å². The summed E-state index contributed by atoms with van der Waals surface area (Å²) in [6.45, 7) is 6.11. The Morgan fingerprint density at radius 3 is 2.48 bits per heavy atom. The summed E-state index contributed by atoms with van der Waals surface area (Å²) in [7, 11) is 1.64. The van der Waals surface area contributed by atoms with Gasteiger partial charge in [0.15, 0.2) is 16.8 Å². The number of ether oxygens (including phenoxy) is 1. The third kappa shape index (κ3) is 4.60. The van der Waals surface area contributed by atoms with Crippen LogP contribution in [0.15, 0.2) is 58.2 Å². The molecule has 0 aliphatic rings. The maximum absolute atomic E-state index is 6.10. The average molecular weight is 456 g/mol. The minimum atomic E-state index is -0.198. The number of hydrogen-bond donors (Lipinski definition) is 0. The highest BCUT2D eigenvalue weighted by Gasteiger charge is 2.23. The van der Waals surface area contributed by atoms with E-state index in [1.165, 1.54) is 11.8 Å². The number of methoxy groups -OCH3 is 1. The highest BCUT2D eigenvalue weighted by molar-refractivity contribution is 7.98. The second-order valence-corrected chi connectivity index (χ2v) is 9.25. The predicted octanol–water partition coefficient (Wildman–Crippen LogP) is 5.57. The Labute approximate surface area is 189 Å². The Balaban J connectivity index is 1.72. The molecular weight excluding hydrogens is 434 g/mol. The lowest BCUT2D eigenvalue weighted by molar-refractivity contribution is 0.319. The van der Waals surface area contributed by atoms with Gasteiger partial charge >= 0.3 is 0 Å². The fraction of sp³-hybridized carbons (Fsp3) is 0.273. The smallest absolute Gasteiger partial charge is 0.232 e. The number of halogens is 1. The van der Waals surface area contributed by atoms with Crippen LogP contribution in [-0.2, 0) is 11.2 Å². The van der Waals surface area contributed by atoms with Crippen LogP contribution >= 0.6 is 23.4 Å². The second-order valence-electron chi connectivity index (χ2n) is 7.87. The molecule has 2 aromatic carbocycles. The van der Waals surface area contributed by atoms with Gasteiger partial charge in [0.05, 0.1) is 18.4 Å². The normalized spacial score (nSPS) is 11.6. The molecule has 0 aliphatic heterocycles. The van der Waals surface area contributed by atoms with E-state index in [1.807, 2.05) is 73.9 Å². The summed E-state index contributed by atoms with van der Waals surface area (Å²) < 4.78 is 12.9. The number of para-hydroxylation sites is 1. The molecule has 4 aromatic rings. The molecule has 0 saturated carbocycles. The quantitative estimate of drug-likeness (QED) is 0.351. The van der Waals surface area contributed by atoms with Crippen LogP contribution in [0.1, 0.15) is 32.5 Å². The summed E-state index contributed by atoms with van der Waals surface area (Å²) in [6, 6.07) is 15.3. The number of nitrogens with zero attached hydrogens (tertiary/aromatic N) is 5. The van der Waals surface area contributed by atoms with Gasteiger partial charge in [0.25, 0.3) is 0 Å². The molecule has 31 heavy (non-hydrogen) atoms. The topological polar surface area (TPSA) is 78.9 Å². The number of benzene rings is 2. The minimum absolute atomic E-state index is 0.198. The molecule has 2 aromatic heterocycles. The first-order valence-corrected chi connectivity index (χ1v) is 11.0. The van der Waals surface area contributed by atoms with Crippen LogP contribution in [0.3, 0.4) is 0 Å². The molecule has 4 rings (SSSR count). The number of thioether (sulfide) groups is 1. The monoisotopic (exact) mass is 455 g/mol. The molecule has 2 heterocycles. The van der Waals surface area contributed by atoms with E-state index in [0.717, 1.165) is 17.0 Å². The Morgan fingerprint density at radius 2 is 1.81 bits per heavy atom. The van der Waals surface area contributed by atoms with Gasteiger partial charge in [-0.1, -0.05) is 61.4 Å². The van der Waals surface area contributed by atoms with Crippen molar-refractivity contribution in [3.8, 4) is 22.8 Å². The van der Waals surface area contributed by atoms with Gasteiger partial charge in [-0.25, -0.2) is 0 Å². The molecule has 0 fully saturated rings. The van der Waals surface area contributed by atoms with Crippen LogP contribution in [0.5, 0.6) is 5.75 Å². The minimum Gasteiger partial charge on any atom is -0.496 e. The van der Waals surface area contributed by atoms with E-state index in [4.69, 9.17) is 20.9 Å². The fourth-order valence-electron chi connectivity index (χ4n) is 2.94. The molecule has 0 aliphatic carbocycles. The molecule has 0 bridgehead atoms. The van der Waals surface area contributed by atoms with Gasteiger partial charge in [0.2, 0.25) is 5.89 Å². The zero-order valence-corrected chi connectivity index (χ0v) is 19.2. The summed E-state index contributed by atoms with van der Waals surface area (Å²) in [5, 5.41) is 14.4. The van der Waals surface area contributed by atoms with Crippen molar-refractivity contribution in [2.24, 2.45) is 0 Å².